The minimum Gasteiger partial charge on any atom is -0.375 e. The largest absolute Gasteiger partial charge is 0.375 e. The van der Waals surface area contributed by atoms with Gasteiger partial charge in [0.2, 0.25) is 0 Å². The van der Waals surface area contributed by atoms with Crippen molar-refractivity contribution in [3.63, 3.8) is 0 Å². The lowest BCUT2D eigenvalue weighted by Gasteiger charge is -2.34. The molecule has 0 spiro atoms. The van der Waals surface area contributed by atoms with Crippen LogP contribution in [0.1, 0.15) is 51.2 Å². The maximum atomic E-state index is 6.06. The highest BCUT2D eigenvalue weighted by Gasteiger charge is 2.25. The number of nitrogens with zero attached hydrogens (tertiary/aromatic N) is 2. The van der Waals surface area contributed by atoms with Crippen molar-refractivity contribution in [2.45, 2.75) is 60.0 Å². The van der Waals surface area contributed by atoms with Crippen LogP contribution in [0.15, 0.2) is 23.7 Å². The van der Waals surface area contributed by atoms with E-state index in [0.717, 1.165) is 31.8 Å². The van der Waals surface area contributed by atoms with Gasteiger partial charge in [-0.1, -0.05) is 45.4 Å². The average Bonchev–Trinajstić information content (AvgIpc) is 3.03. The molecule has 1 fully saturated rings. The maximum absolute atomic E-state index is 6.06. The Morgan fingerprint density at radius 2 is 1.96 bits per heavy atom. The third-order valence-electron chi connectivity index (χ3n) is 5.15. The predicted octanol–water partition coefficient (Wildman–Crippen LogP) is 5.85. The molecule has 1 unspecified atom stereocenters. The molecular weight excluding hydrogens is 340 g/mol. The molecule has 0 radical (unpaired) electrons. The first-order chi connectivity index (χ1) is 12.3. The quantitative estimate of drug-likeness (QED) is 0.658. The molecule has 142 valence electrons. The molecule has 1 aromatic carbocycles. The van der Waals surface area contributed by atoms with Crippen molar-refractivity contribution >= 4 is 16.3 Å². The van der Waals surface area contributed by atoms with Crippen LogP contribution in [0, 0.1) is 19.3 Å². The second-order valence-corrected chi connectivity index (χ2v) is 9.50. The average molecular weight is 373 g/mol. The van der Waals surface area contributed by atoms with Crippen molar-refractivity contribution in [1.29, 1.82) is 0 Å². The van der Waals surface area contributed by atoms with E-state index < -0.39 is 0 Å². The van der Waals surface area contributed by atoms with Gasteiger partial charge in [-0.25, -0.2) is 4.98 Å². The van der Waals surface area contributed by atoms with Crippen LogP contribution in [0.25, 0.3) is 11.3 Å². The molecule has 1 atom stereocenters. The lowest BCUT2D eigenvalue weighted by atomic mass is 9.89. The van der Waals surface area contributed by atoms with Crippen LogP contribution in [-0.2, 0) is 4.74 Å². The van der Waals surface area contributed by atoms with E-state index in [1.54, 1.807) is 11.3 Å². The summed E-state index contributed by atoms with van der Waals surface area (Å²) in [5.74, 6) is 0. The summed E-state index contributed by atoms with van der Waals surface area (Å²) in [5, 5.41) is 1.30. The van der Waals surface area contributed by atoms with Crippen molar-refractivity contribution < 1.29 is 4.74 Å². The zero-order valence-corrected chi connectivity index (χ0v) is 17.7. The lowest BCUT2D eigenvalue weighted by molar-refractivity contribution is 0.0324. The zero-order chi connectivity index (χ0) is 18.7. The number of morpholine rings is 1. The van der Waals surface area contributed by atoms with Crippen LogP contribution in [0.3, 0.4) is 0 Å². The minimum atomic E-state index is 0.332. The van der Waals surface area contributed by atoms with E-state index in [-0.39, 0.29) is 0 Å². The summed E-state index contributed by atoms with van der Waals surface area (Å²) in [6.45, 7) is 14.0. The van der Waals surface area contributed by atoms with Crippen molar-refractivity contribution in [2.75, 3.05) is 24.6 Å². The van der Waals surface area contributed by atoms with Gasteiger partial charge in [-0.15, -0.1) is 11.3 Å². The molecule has 1 aromatic heterocycles. The van der Waals surface area contributed by atoms with Gasteiger partial charge in [0.1, 0.15) is 10.7 Å². The Balaban J connectivity index is 1.73. The second kappa shape index (κ2) is 8.10. The third-order valence-corrected chi connectivity index (χ3v) is 6.03. The first kappa shape index (κ1) is 19.4. The van der Waals surface area contributed by atoms with E-state index in [4.69, 9.17) is 9.72 Å². The fraction of sp³-hybridized carbons (Fsp3) is 0.591. The van der Waals surface area contributed by atoms with Crippen LogP contribution >= 0.6 is 11.3 Å². The van der Waals surface area contributed by atoms with E-state index in [1.165, 1.54) is 34.5 Å². The van der Waals surface area contributed by atoms with Crippen LogP contribution in [0.5, 0.6) is 0 Å². The molecule has 1 aliphatic rings. The molecule has 1 aliphatic heterocycles. The number of hydrogen-bond acceptors (Lipinski definition) is 4. The number of aromatic nitrogens is 1. The Morgan fingerprint density at radius 1 is 1.23 bits per heavy atom. The first-order valence-corrected chi connectivity index (χ1v) is 10.6. The monoisotopic (exact) mass is 372 g/mol. The van der Waals surface area contributed by atoms with Crippen molar-refractivity contribution in [2.24, 2.45) is 5.41 Å². The highest BCUT2D eigenvalue weighted by atomic mass is 32.1. The summed E-state index contributed by atoms with van der Waals surface area (Å²) in [6, 6.07) is 6.49. The highest BCUT2D eigenvalue weighted by molar-refractivity contribution is 7.14. The summed E-state index contributed by atoms with van der Waals surface area (Å²) < 4.78 is 6.06. The Bertz CT molecular complexity index is 712. The molecule has 0 bridgehead atoms. The zero-order valence-electron chi connectivity index (χ0n) is 16.8. The summed E-state index contributed by atoms with van der Waals surface area (Å²) >= 11 is 1.76. The van der Waals surface area contributed by atoms with E-state index in [9.17, 15) is 0 Å². The number of thiazole rings is 1. The normalized spacial score (nSPS) is 18.3. The predicted molar refractivity (Wildman–Crippen MR) is 112 cm³/mol. The number of ether oxygens (including phenoxy) is 1. The van der Waals surface area contributed by atoms with E-state index in [1.807, 2.05) is 5.51 Å². The summed E-state index contributed by atoms with van der Waals surface area (Å²) in [6.07, 6.45) is 3.96. The molecule has 2 heterocycles. The molecule has 4 heteroatoms. The standard InChI is InChI=1S/C22H32N2OS/c1-16-8-6-9-17(2)19(16)20-21(26-15-23-20)24-12-13-25-18(14-24)10-7-11-22(3,4)5/h6,8-9,15,18H,7,10-14H2,1-5H3. The number of anilines is 1. The van der Waals surface area contributed by atoms with Gasteiger partial charge in [-0.2, -0.15) is 0 Å². The second-order valence-electron chi connectivity index (χ2n) is 8.66. The molecule has 0 aliphatic carbocycles. The van der Waals surface area contributed by atoms with Crippen LogP contribution in [0.4, 0.5) is 5.00 Å². The molecule has 3 nitrogen and oxygen atoms in total. The third kappa shape index (κ3) is 4.66. The first-order valence-electron chi connectivity index (χ1n) is 9.72. The molecule has 1 saturated heterocycles. The molecule has 0 saturated carbocycles. The smallest absolute Gasteiger partial charge is 0.119 e. The SMILES string of the molecule is Cc1cccc(C)c1-c1ncsc1N1CCOC(CCCC(C)(C)C)C1. The van der Waals surface area contributed by atoms with Crippen LogP contribution in [0.2, 0.25) is 0 Å². The fourth-order valence-corrected chi connectivity index (χ4v) is 4.60. The van der Waals surface area contributed by atoms with E-state index >= 15 is 0 Å². The van der Waals surface area contributed by atoms with Gasteiger partial charge >= 0.3 is 0 Å². The minimum absolute atomic E-state index is 0.332. The van der Waals surface area contributed by atoms with Gasteiger partial charge in [-0.3, -0.25) is 0 Å². The Hall–Kier alpha value is -1.39. The molecule has 3 rings (SSSR count). The summed E-state index contributed by atoms with van der Waals surface area (Å²) in [7, 11) is 0. The van der Waals surface area contributed by atoms with Gasteiger partial charge in [0.15, 0.2) is 0 Å². The summed E-state index contributed by atoms with van der Waals surface area (Å²) in [5.41, 5.74) is 7.42. The Morgan fingerprint density at radius 3 is 2.65 bits per heavy atom. The van der Waals surface area contributed by atoms with E-state index in [0.29, 0.717) is 11.5 Å². The maximum Gasteiger partial charge on any atom is 0.119 e. The number of rotatable bonds is 5. The van der Waals surface area contributed by atoms with Crippen molar-refractivity contribution in [1.82, 2.24) is 4.98 Å². The van der Waals surface area contributed by atoms with Gasteiger partial charge in [-0.05, 0) is 43.2 Å². The molecule has 0 amide bonds. The van der Waals surface area contributed by atoms with Crippen molar-refractivity contribution in [3.05, 3.63) is 34.8 Å². The topological polar surface area (TPSA) is 25.4 Å². The van der Waals surface area contributed by atoms with Crippen LogP contribution < -0.4 is 4.90 Å². The Labute approximate surface area is 162 Å². The van der Waals surface area contributed by atoms with Gasteiger partial charge in [0.25, 0.3) is 0 Å². The van der Waals surface area contributed by atoms with Crippen LogP contribution in [-0.4, -0.2) is 30.8 Å². The molecular formula is C22H32N2OS. The molecule has 26 heavy (non-hydrogen) atoms. The number of benzene rings is 1. The number of aryl methyl sites for hydroxylation is 2. The Kier molecular flexibility index (Phi) is 6.03. The lowest BCUT2D eigenvalue weighted by Crippen LogP contribution is -2.42. The van der Waals surface area contributed by atoms with Crippen molar-refractivity contribution in [3.8, 4) is 11.3 Å². The number of hydrogen-bond donors (Lipinski definition) is 0. The van der Waals surface area contributed by atoms with E-state index in [2.05, 4.69) is 57.7 Å². The van der Waals surface area contributed by atoms with Gasteiger partial charge in [0, 0.05) is 18.7 Å². The summed E-state index contributed by atoms with van der Waals surface area (Å²) in [4.78, 5) is 7.23. The highest BCUT2D eigenvalue weighted by Crippen LogP contribution is 2.38. The van der Waals surface area contributed by atoms with Gasteiger partial charge < -0.3 is 9.64 Å². The van der Waals surface area contributed by atoms with Gasteiger partial charge in [0.05, 0.1) is 18.2 Å². The molecule has 2 aromatic rings. The molecule has 0 N–H and O–H groups in total. The fourth-order valence-electron chi connectivity index (χ4n) is 3.76.